The number of aryl methyl sites for hydroxylation is 1. The summed E-state index contributed by atoms with van der Waals surface area (Å²) in [4.78, 5) is 21.0. The molecule has 0 radical (unpaired) electrons. The Morgan fingerprint density at radius 1 is 1.23 bits per heavy atom. The smallest absolute Gasteiger partial charge is 0.192 e. The van der Waals surface area contributed by atoms with E-state index < -0.39 is 5.78 Å². The molecule has 1 aromatic rings. The fourth-order valence-electron chi connectivity index (χ4n) is 2.38. The Hall–Kier alpha value is -2.10. The molecule has 0 saturated carbocycles. The molecular weight excluding hydrogens is 276 g/mol. The van der Waals surface area contributed by atoms with Crippen LogP contribution in [0.4, 0.5) is 0 Å². The molecule has 2 N–H and O–H groups in total. The zero-order valence-electron chi connectivity index (χ0n) is 14.0. The maximum absolute atomic E-state index is 9.44. The number of Topliss-reactive ketones (excluding diaryl/α,β-unsaturated/α-hetero) is 1. The normalized spacial score (nSPS) is 13.7. The Labute approximate surface area is 133 Å². The highest BCUT2D eigenvalue weighted by Crippen LogP contribution is 2.27. The highest BCUT2D eigenvalue weighted by atomic mass is 16.2. The first kappa shape index (κ1) is 18.0. The van der Waals surface area contributed by atoms with Crippen molar-refractivity contribution in [3.63, 3.8) is 0 Å². The quantitative estimate of drug-likeness (QED) is 0.686. The number of hydrogen-bond donors (Lipinski definition) is 1. The first-order valence-corrected chi connectivity index (χ1v) is 7.63. The summed E-state index contributed by atoms with van der Waals surface area (Å²) in [7, 11) is 0. The second kappa shape index (κ2) is 8.37. The number of fused-ring (bicyclic) bond motifs is 1. The zero-order chi connectivity index (χ0) is 16.7. The summed E-state index contributed by atoms with van der Waals surface area (Å²) in [6.07, 6.45) is 2.67. The fourth-order valence-corrected chi connectivity index (χ4v) is 2.38. The molecule has 0 amide bonds. The molecule has 4 heteroatoms. The Kier molecular flexibility index (Phi) is 6.83. The number of carbonyl (C=O) groups excluding carboxylic acids is 2. The van der Waals surface area contributed by atoms with Crippen LogP contribution in [0.1, 0.15) is 50.8 Å². The van der Waals surface area contributed by atoms with E-state index in [1.807, 2.05) is 6.92 Å². The molecule has 0 fully saturated rings. The molecular formula is C18H26N2O2. The third-order valence-corrected chi connectivity index (χ3v) is 3.74. The molecule has 120 valence electrons. The maximum Gasteiger partial charge on any atom is 0.192 e. The first-order chi connectivity index (χ1) is 10.4. The van der Waals surface area contributed by atoms with Gasteiger partial charge in [-0.1, -0.05) is 31.5 Å². The zero-order valence-corrected chi connectivity index (χ0v) is 14.0. The summed E-state index contributed by atoms with van der Waals surface area (Å²) in [5.74, 6) is -0.426. The average Bonchev–Trinajstić information content (AvgIpc) is 2.90. The molecule has 1 aliphatic rings. The van der Waals surface area contributed by atoms with E-state index in [4.69, 9.17) is 10.5 Å². The summed E-state index contributed by atoms with van der Waals surface area (Å²) < 4.78 is 0. The van der Waals surface area contributed by atoms with Gasteiger partial charge >= 0.3 is 0 Å². The predicted octanol–water partition coefficient (Wildman–Crippen LogP) is 2.94. The molecule has 1 aliphatic heterocycles. The van der Waals surface area contributed by atoms with Crippen LogP contribution in [0.5, 0.6) is 0 Å². The Balaban J connectivity index is 0.000000422. The predicted molar refractivity (Wildman–Crippen MR) is 89.0 cm³/mol. The summed E-state index contributed by atoms with van der Waals surface area (Å²) in [5.41, 5.74) is 12.4. The van der Waals surface area contributed by atoms with Crippen LogP contribution in [0.3, 0.4) is 0 Å². The van der Waals surface area contributed by atoms with Crippen LogP contribution in [-0.2, 0) is 29.1 Å². The van der Waals surface area contributed by atoms with Gasteiger partial charge in [0.1, 0.15) is 0 Å². The third-order valence-electron chi connectivity index (χ3n) is 3.74. The third kappa shape index (κ3) is 5.02. The van der Waals surface area contributed by atoms with Crippen molar-refractivity contribution < 1.29 is 9.59 Å². The molecule has 1 heterocycles. The molecule has 0 spiro atoms. The molecule has 4 nitrogen and oxygen atoms in total. The van der Waals surface area contributed by atoms with E-state index in [-0.39, 0.29) is 6.29 Å². The second-order valence-corrected chi connectivity index (χ2v) is 5.71. The lowest BCUT2D eigenvalue weighted by molar-refractivity contribution is -0.128. The lowest BCUT2D eigenvalue weighted by Gasteiger charge is -2.19. The van der Waals surface area contributed by atoms with Gasteiger partial charge in [0.15, 0.2) is 12.1 Å². The van der Waals surface area contributed by atoms with Crippen molar-refractivity contribution in [1.82, 2.24) is 4.90 Å². The van der Waals surface area contributed by atoms with E-state index in [0.717, 1.165) is 18.8 Å². The van der Waals surface area contributed by atoms with Crippen LogP contribution in [0.25, 0.3) is 0 Å². The van der Waals surface area contributed by atoms with E-state index in [9.17, 15) is 4.79 Å². The minimum Gasteiger partial charge on any atom is -0.401 e. The molecule has 0 saturated heterocycles. The number of nitrogens with zero attached hydrogens (tertiary/aromatic N) is 1. The SMILES string of the molecule is CC(=O)C=O.CCCc1ccc2c(c1)CN(/C(C)=C(/C)N)C2. The number of ketones is 1. The van der Waals surface area contributed by atoms with Crippen LogP contribution in [0.2, 0.25) is 0 Å². The minimum atomic E-state index is -0.426. The van der Waals surface area contributed by atoms with Crippen molar-refractivity contribution in [2.24, 2.45) is 5.73 Å². The average molecular weight is 302 g/mol. The van der Waals surface area contributed by atoms with Gasteiger partial charge in [-0.25, -0.2) is 0 Å². The first-order valence-electron chi connectivity index (χ1n) is 7.63. The molecule has 0 unspecified atom stereocenters. The largest absolute Gasteiger partial charge is 0.401 e. The molecule has 0 bridgehead atoms. The standard InChI is InChI=1S/C15H22N2.C3H4O2/c1-4-5-13-6-7-14-9-17(10-15(14)8-13)12(3)11(2)16;1-3(5)2-4/h6-8H,4-5,9-10,16H2,1-3H3;2H,1H3/b12-11-;. The van der Waals surface area contributed by atoms with Crippen LogP contribution < -0.4 is 5.73 Å². The van der Waals surface area contributed by atoms with Crippen molar-refractivity contribution in [3.05, 3.63) is 46.3 Å². The van der Waals surface area contributed by atoms with Gasteiger partial charge in [-0.2, -0.15) is 0 Å². The van der Waals surface area contributed by atoms with Gasteiger partial charge < -0.3 is 10.6 Å². The molecule has 0 atom stereocenters. The van der Waals surface area contributed by atoms with Gasteiger partial charge in [-0.05, 0) is 37.0 Å². The monoisotopic (exact) mass is 302 g/mol. The van der Waals surface area contributed by atoms with Crippen molar-refractivity contribution in [1.29, 1.82) is 0 Å². The Morgan fingerprint density at radius 2 is 1.82 bits per heavy atom. The Bertz CT molecular complexity index is 572. The number of benzene rings is 1. The van der Waals surface area contributed by atoms with Crippen LogP contribution in [-0.4, -0.2) is 17.0 Å². The van der Waals surface area contributed by atoms with Crippen LogP contribution in [0.15, 0.2) is 29.6 Å². The molecule has 2 rings (SSSR count). The summed E-state index contributed by atoms with van der Waals surface area (Å²) in [6, 6.07) is 6.90. The van der Waals surface area contributed by atoms with Crippen molar-refractivity contribution in [2.75, 3.05) is 0 Å². The second-order valence-electron chi connectivity index (χ2n) is 5.71. The molecule has 22 heavy (non-hydrogen) atoms. The van der Waals surface area contributed by atoms with Crippen molar-refractivity contribution >= 4 is 12.1 Å². The summed E-state index contributed by atoms with van der Waals surface area (Å²) in [6.45, 7) is 9.53. The highest BCUT2D eigenvalue weighted by Gasteiger charge is 2.19. The van der Waals surface area contributed by atoms with Gasteiger partial charge in [0.2, 0.25) is 0 Å². The highest BCUT2D eigenvalue weighted by molar-refractivity contribution is 6.23. The van der Waals surface area contributed by atoms with Crippen LogP contribution >= 0.6 is 0 Å². The van der Waals surface area contributed by atoms with Crippen molar-refractivity contribution in [2.45, 2.75) is 53.6 Å². The lowest BCUT2D eigenvalue weighted by Crippen LogP contribution is -2.17. The van der Waals surface area contributed by atoms with E-state index in [2.05, 4.69) is 36.9 Å². The lowest BCUT2D eigenvalue weighted by atomic mass is 10.0. The number of nitrogens with two attached hydrogens (primary N) is 1. The maximum atomic E-state index is 9.44. The minimum absolute atomic E-state index is 0.278. The van der Waals surface area contributed by atoms with E-state index in [0.29, 0.717) is 0 Å². The van der Waals surface area contributed by atoms with E-state index >= 15 is 0 Å². The number of aldehydes is 1. The Morgan fingerprint density at radius 3 is 2.32 bits per heavy atom. The number of rotatable bonds is 4. The van der Waals surface area contributed by atoms with Gasteiger partial charge in [0.05, 0.1) is 0 Å². The van der Waals surface area contributed by atoms with Crippen molar-refractivity contribution in [3.8, 4) is 0 Å². The number of carbonyl (C=O) groups is 2. The number of hydrogen-bond acceptors (Lipinski definition) is 4. The van der Waals surface area contributed by atoms with E-state index in [1.165, 1.54) is 42.2 Å². The number of allylic oxidation sites excluding steroid dienone is 2. The van der Waals surface area contributed by atoms with Gasteiger partial charge in [-0.15, -0.1) is 0 Å². The molecule has 0 aromatic heterocycles. The van der Waals surface area contributed by atoms with Gasteiger partial charge in [0.25, 0.3) is 0 Å². The molecule has 0 aliphatic carbocycles. The summed E-state index contributed by atoms with van der Waals surface area (Å²) >= 11 is 0. The molecule has 1 aromatic carbocycles. The fraction of sp³-hybridized carbons (Fsp3) is 0.444. The van der Waals surface area contributed by atoms with Crippen LogP contribution in [0, 0.1) is 0 Å². The van der Waals surface area contributed by atoms with Gasteiger partial charge in [0, 0.05) is 31.4 Å². The topological polar surface area (TPSA) is 63.4 Å². The summed E-state index contributed by atoms with van der Waals surface area (Å²) in [5, 5.41) is 0. The van der Waals surface area contributed by atoms with E-state index in [1.54, 1.807) is 0 Å². The van der Waals surface area contributed by atoms with Gasteiger partial charge in [-0.3, -0.25) is 9.59 Å².